The highest BCUT2D eigenvalue weighted by atomic mass is 16.4. The molecule has 86 valence electrons. The normalized spacial score (nSPS) is 24.3. The Bertz CT molecular complexity index is 265. The highest BCUT2D eigenvalue weighted by molar-refractivity contribution is 5.98. The van der Waals surface area contributed by atoms with Crippen LogP contribution in [-0.2, 0) is 4.79 Å². The minimum absolute atomic E-state index is 0.0664. The Labute approximate surface area is 88.4 Å². The van der Waals surface area contributed by atoms with Crippen molar-refractivity contribution in [2.45, 2.75) is 25.9 Å². The monoisotopic (exact) mass is 215 g/mol. The minimum atomic E-state index is -0.397. The number of aliphatic hydroxyl groups excluding tert-OH is 1. The Morgan fingerprint density at radius 1 is 1.73 bits per heavy atom. The molecule has 1 aliphatic heterocycles. The van der Waals surface area contributed by atoms with Crippen molar-refractivity contribution in [1.29, 1.82) is 0 Å². The van der Waals surface area contributed by atoms with Crippen LogP contribution in [0.4, 0.5) is 0 Å². The van der Waals surface area contributed by atoms with E-state index in [1.165, 1.54) is 0 Å². The molecular formula is C9H17N3O3. The van der Waals surface area contributed by atoms with E-state index in [4.69, 9.17) is 10.9 Å². The van der Waals surface area contributed by atoms with Gasteiger partial charge in [-0.3, -0.25) is 4.79 Å². The Morgan fingerprint density at radius 2 is 2.40 bits per heavy atom. The fourth-order valence-corrected chi connectivity index (χ4v) is 1.71. The van der Waals surface area contributed by atoms with E-state index in [1.54, 1.807) is 11.8 Å². The highest BCUT2D eigenvalue weighted by Crippen LogP contribution is 2.19. The number of hydrogen-bond donors (Lipinski definition) is 3. The number of carbonyl (C=O) groups excluding carboxylic acids is 1. The van der Waals surface area contributed by atoms with Gasteiger partial charge in [0.25, 0.3) is 0 Å². The van der Waals surface area contributed by atoms with E-state index in [1.807, 2.05) is 0 Å². The number of oxime groups is 1. The molecular weight excluding hydrogens is 198 g/mol. The van der Waals surface area contributed by atoms with Gasteiger partial charge in [-0.15, -0.1) is 0 Å². The van der Waals surface area contributed by atoms with Crippen LogP contribution in [0.15, 0.2) is 5.16 Å². The molecule has 1 saturated heterocycles. The SMILES string of the molecule is CC(O)C1CCN(C(=O)CC(N)=NO)C1. The highest BCUT2D eigenvalue weighted by Gasteiger charge is 2.29. The fraction of sp³-hybridized carbons (Fsp3) is 0.778. The van der Waals surface area contributed by atoms with Gasteiger partial charge in [0.15, 0.2) is 0 Å². The number of rotatable bonds is 3. The van der Waals surface area contributed by atoms with Crippen molar-refractivity contribution in [3.63, 3.8) is 0 Å². The molecule has 0 aromatic carbocycles. The van der Waals surface area contributed by atoms with Crippen LogP contribution in [0.2, 0.25) is 0 Å². The molecule has 6 nitrogen and oxygen atoms in total. The van der Waals surface area contributed by atoms with E-state index in [2.05, 4.69) is 5.16 Å². The number of amidine groups is 1. The first-order chi connectivity index (χ1) is 7.04. The third-order valence-corrected chi connectivity index (χ3v) is 2.72. The van der Waals surface area contributed by atoms with Crippen molar-refractivity contribution < 1.29 is 15.1 Å². The van der Waals surface area contributed by atoms with Crippen molar-refractivity contribution in [2.75, 3.05) is 13.1 Å². The van der Waals surface area contributed by atoms with Gasteiger partial charge in [-0.1, -0.05) is 5.16 Å². The lowest BCUT2D eigenvalue weighted by molar-refractivity contribution is -0.129. The van der Waals surface area contributed by atoms with E-state index in [0.717, 1.165) is 6.42 Å². The summed E-state index contributed by atoms with van der Waals surface area (Å²) < 4.78 is 0. The zero-order valence-electron chi connectivity index (χ0n) is 8.76. The number of amides is 1. The molecule has 4 N–H and O–H groups in total. The second kappa shape index (κ2) is 4.97. The van der Waals surface area contributed by atoms with Crippen LogP contribution in [0.25, 0.3) is 0 Å². The quantitative estimate of drug-likeness (QED) is 0.252. The average molecular weight is 215 g/mol. The van der Waals surface area contributed by atoms with E-state index in [9.17, 15) is 9.90 Å². The molecule has 1 fully saturated rings. The van der Waals surface area contributed by atoms with Crippen LogP contribution in [0.1, 0.15) is 19.8 Å². The molecule has 0 radical (unpaired) electrons. The van der Waals surface area contributed by atoms with Gasteiger partial charge in [-0.05, 0) is 13.3 Å². The summed E-state index contributed by atoms with van der Waals surface area (Å²) in [6, 6.07) is 0. The molecule has 0 spiro atoms. The van der Waals surface area contributed by atoms with Crippen LogP contribution in [0.5, 0.6) is 0 Å². The van der Waals surface area contributed by atoms with Crippen LogP contribution >= 0.6 is 0 Å². The van der Waals surface area contributed by atoms with E-state index in [-0.39, 0.29) is 24.1 Å². The number of likely N-dealkylation sites (tertiary alicyclic amines) is 1. The first kappa shape index (κ1) is 11.8. The zero-order valence-corrected chi connectivity index (χ0v) is 8.76. The summed E-state index contributed by atoms with van der Waals surface area (Å²) in [5, 5.41) is 20.4. The van der Waals surface area contributed by atoms with Crippen LogP contribution in [0, 0.1) is 5.92 Å². The third kappa shape index (κ3) is 3.09. The Morgan fingerprint density at radius 3 is 2.87 bits per heavy atom. The Kier molecular flexibility index (Phi) is 3.90. The van der Waals surface area contributed by atoms with Crippen LogP contribution in [0.3, 0.4) is 0 Å². The van der Waals surface area contributed by atoms with Crippen molar-refractivity contribution in [2.24, 2.45) is 16.8 Å². The second-order valence-electron chi connectivity index (χ2n) is 3.90. The number of carbonyl (C=O) groups is 1. The molecule has 1 rings (SSSR count). The third-order valence-electron chi connectivity index (χ3n) is 2.72. The Hall–Kier alpha value is -1.30. The van der Waals surface area contributed by atoms with Gasteiger partial charge in [0.2, 0.25) is 5.91 Å². The topological polar surface area (TPSA) is 99.2 Å². The molecule has 1 amide bonds. The van der Waals surface area contributed by atoms with E-state index < -0.39 is 6.10 Å². The lowest BCUT2D eigenvalue weighted by Gasteiger charge is -2.17. The van der Waals surface area contributed by atoms with Gasteiger partial charge in [0.05, 0.1) is 12.5 Å². The predicted molar refractivity (Wildman–Crippen MR) is 54.4 cm³/mol. The number of nitrogens with zero attached hydrogens (tertiary/aromatic N) is 2. The predicted octanol–water partition coefficient (Wildman–Crippen LogP) is -0.648. The van der Waals surface area contributed by atoms with Gasteiger partial charge < -0.3 is 20.9 Å². The lowest BCUT2D eigenvalue weighted by atomic mass is 10.0. The average Bonchev–Trinajstić information content (AvgIpc) is 2.66. The maximum Gasteiger partial charge on any atom is 0.230 e. The van der Waals surface area contributed by atoms with Gasteiger partial charge in [0.1, 0.15) is 5.84 Å². The van der Waals surface area contributed by atoms with Crippen molar-refractivity contribution >= 4 is 11.7 Å². The van der Waals surface area contributed by atoms with E-state index >= 15 is 0 Å². The minimum Gasteiger partial charge on any atom is -0.409 e. The van der Waals surface area contributed by atoms with Crippen molar-refractivity contribution in [1.82, 2.24) is 4.90 Å². The largest absolute Gasteiger partial charge is 0.409 e. The molecule has 0 aromatic heterocycles. The van der Waals surface area contributed by atoms with Crippen molar-refractivity contribution in [3.8, 4) is 0 Å². The first-order valence-electron chi connectivity index (χ1n) is 4.96. The molecule has 0 saturated carbocycles. The second-order valence-corrected chi connectivity index (χ2v) is 3.90. The molecule has 0 aliphatic carbocycles. The van der Waals surface area contributed by atoms with Gasteiger partial charge in [0, 0.05) is 19.0 Å². The van der Waals surface area contributed by atoms with Gasteiger partial charge in [-0.2, -0.15) is 0 Å². The van der Waals surface area contributed by atoms with Crippen molar-refractivity contribution in [3.05, 3.63) is 0 Å². The smallest absolute Gasteiger partial charge is 0.230 e. The Balaban J connectivity index is 2.43. The van der Waals surface area contributed by atoms with Crippen LogP contribution in [-0.4, -0.2) is 46.1 Å². The molecule has 0 aromatic rings. The summed E-state index contributed by atoms with van der Waals surface area (Å²) in [4.78, 5) is 13.2. The fourth-order valence-electron chi connectivity index (χ4n) is 1.71. The van der Waals surface area contributed by atoms with Gasteiger partial charge >= 0.3 is 0 Å². The first-order valence-corrected chi connectivity index (χ1v) is 4.96. The summed E-state index contributed by atoms with van der Waals surface area (Å²) in [6.07, 6.45) is 0.342. The number of nitrogens with two attached hydrogens (primary N) is 1. The van der Waals surface area contributed by atoms with E-state index in [0.29, 0.717) is 13.1 Å². The number of hydrogen-bond acceptors (Lipinski definition) is 4. The standard InChI is InChI=1S/C9H17N3O3/c1-6(13)7-2-3-12(5-7)9(14)4-8(10)11-15/h6-7,13,15H,2-5H2,1H3,(H2,10,11). The summed E-state index contributed by atoms with van der Waals surface area (Å²) >= 11 is 0. The molecule has 2 unspecified atom stereocenters. The summed E-state index contributed by atoms with van der Waals surface area (Å²) in [6.45, 7) is 2.91. The summed E-state index contributed by atoms with van der Waals surface area (Å²) in [5.41, 5.74) is 5.24. The molecule has 15 heavy (non-hydrogen) atoms. The maximum atomic E-state index is 11.6. The molecule has 1 aliphatic rings. The maximum absolute atomic E-state index is 11.6. The zero-order chi connectivity index (χ0) is 11.4. The van der Waals surface area contributed by atoms with Gasteiger partial charge in [-0.25, -0.2) is 0 Å². The molecule has 0 bridgehead atoms. The number of aliphatic hydroxyl groups is 1. The molecule has 6 heteroatoms. The summed E-state index contributed by atoms with van der Waals surface area (Å²) in [7, 11) is 0. The summed E-state index contributed by atoms with van der Waals surface area (Å²) in [5.74, 6) is -0.102. The van der Waals surface area contributed by atoms with Crippen LogP contribution < -0.4 is 5.73 Å². The molecule has 1 heterocycles. The lowest BCUT2D eigenvalue weighted by Crippen LogP contribution is -2.33. The molecule has 2 atom stereocenters.